The average Bonchev–Trinajstić information content (AvgIpc) is 2.81. The molecule has 2 nitrogen and oxygen atoms in total. The first-order valence-corrected chi connectivity index (χ1v) is 7.07. The van der Waals surface area contributed by atoms with E-state index in [4.69, 9.17) is 0 Å². The van der Waals surface area contributed by atoms with Crippen molar-refractivity contribution in [3.05, 3.63) is 22.4 Å². The summed E-state index contributed by atoms with van der Waals surface area (Å²) >= 11 is 1.79. The Morgan fingerprint density at radius 1 is 1.44 bits per heavy atom. The molecule has 0 unspecified atom stereocenters. The maximum absolute atomic E-state index is 10.5. The van der Waals surface area contributed by atoms with Crippen LogP contribution in [0.3, 0.4) is 0 Å². The van der Waals surface area contributed by atoms with E-state index in [0.717, 1.165) is 45.3 Å². The van der Waals surface area contributed by atoms with Crippen LogP contribution in [0.5, 0.6) is 0 Å². The SMILES string of the molecule is CCN1CCC(O)(CCc2cccs2)CC1. The van der Waals surface area contributed by atoms with E-state index in [0.29, 0.717) is 0 Å². The van der Waals surface area contributed by atoms with Gasteiger partial charge < -0.3 is 10.0 Å². The predicted octanol–water partition coefficient (Wildman–Crippen LogP) is 2.53. The average molecular weight is 239 g/mol. The summed E-state index contributed by atoms with van der Waals surface area (Å²) in [6.07, 6.45) is 3.82. The Morgan fingerprint density at radius 2 is 2.19 bits per heavy atom. The fourth-order valence-corrected chi connectivity index (χ4v) is 3.06. The zero-order chi connectivity index (χ0) is 11.4. The summed E-state index contributed by atoms with van der Waals surface area (Å²) in [5.74, 6) is 0. The smallest absolute Gasteiger partial charge is 0.0675 e. The van der Waals surface area contributed by atoms with Gasteiger partial charge in [0.2, 0.25) is 0 Å². The van der Waals surface area contributed by atoms with Gasteiger partial charge in [-0.1, -0.05) is 13.0 Å². The number of rotatable bonds is 4. The third-order valence-corrected chi connectivity index (χ3v) is 4.59. The van der Waals surface area contributed by atoms with Crippen LogP contribution in [0.25, 0.3) is 0 Å². The Morgan fingerprint density at radius 3 is 2.75 bits per heavy atom. The Bertz CT molecular complexity index is 302. The number of aryl methyl sites for hydroxylation is 1. The molecule has 0 aromatic carbocycles. The summed E-state index contributed by atoms with van der Waals surface area (Å²) in [6, 6.07) is 4.25. The van der Waals surface area contributed by atoms with E-state index in [1.54, 1.807) is 11.3 Å². The highest BCUT2D eigenvalue weighted by atomic mass is 32.1. The summed E-state index contributed by atoms with van der Waals surface area (Å²) < 4.78 is 0. The fourth-order valence-electron chi connectivity index (χ4n) is 2.35. The normalized spacial score (nSPS) is 21.1. The van der Waals surface area contributed by atoms with Crippen molar-refractivity contribution in [2.45, 2.75) is 38.2 Å². The van der Waals surface area contributed by atoms with Crippen molar-refractivity contribution >= 4 is 11.3 Å². The first-order chi connectivity index (χ1) is 7.72. The van der Waals surface area contributed by atoms with Crippen LogP contribution in [0.15, 0.2) is 17.5 Å². The minimum Gasteiger partial charge on any atom is -0.390 e. The largest absolute Gasteiger partial charge is 0.390 e. The summed E-state index contributed by atoms with van der Waals surface area (Å²) in [6.45, 7) is 5.41. The molecule has 3 heteroatoms. The van der Waals surface area contributed by atoms with E-state index < -0.39 is 5.60 Å². The Kier molecular flexibility index (Phi) is 4.00. The van der Waals surface area contributed by atoms with Crippen LogP contribution >= 0.6 is 11.3 Å². The second-order valence-corrected chi connectivity index (χ2v) is 5.77. The lowest BCUT2D eigenvalue weighted by Gasteiger charge is -2.37. The number of likely N-dealkylation sites (tertiary alicyclic amines) is 1. The molecule has 2 heterocycles. The van der Waals surface area contributed by atoms with Crippen molar-refractivity contribution in [2.24, 2.45) is 0 Å². The highest BCUT2D eigenvalue weighted by Crippen LogP contribution is 2.27. The van der Waals surface area contributed by atoms with E-state index in [-0.39, 0.29) is 0 Å². The van der Waals surface area contributed by atoms with Gasteiger partial charge in [0, 0.05) is 18.0 Å². The van der Waals surface area contributed by atoms with E-state index in [1.807, 2.05) is 0 Å². The van der Waals surface area contributed by atoms with Gasteiger partial charge in [-0.05, 0) is 43.7 Å². The molecule has 0 amide bonds. The van der Waals surface area contributed by atoms with Crippen LogP contribution in [-0.4, -0.2) is 35.2 Å². The molecule has 1 saturated heterocycles. The minimum atomic E-state index is -0.407. The highest BCUT2D eigenvalue weighted by Gasteiger charge is 2.31. The van der Waals surface area contributed by atoms with Gasteiger partial charge in [-0.25, -0.2) is 0 Å². The molecule has 0 bridgehead atoms. The van der Waals surface area contributed by atoms with Gasteiger partial charge in [0.1, 0.15) is 0 Å². The number of hydrogen-bond donors (Lipinski definition) is 1. The van der Waals surface area contributed by atoms with Crippen LogP contribution < -0.4 is 0 Å². The van der Waals surface area contributed by atoms with Crippen LogP contribution in [0.1, 0.15) is 31.1 Å². The van der Waals surface area contributed by atoms with Crippen molar-refractivity contribution < 1.29 is 5.11 Å². The van der Waals surface area contributed by atoms with E-state index in [1.165, 1.54) is 4.88 Å². The molecular weight excluding hydrogens is 218 g/mol. The lowest BCUT2D eigenvalue weighted by atomic mass is 9.87. The maximum Gasteiger partial charge on any atom is 0.0675 e. The van der Waals surface area contributed by atoms with Crippen molar-refractivity contribution in [1.29, 1.82) is 0 Å². The summed E-state index contributed by atoms with van der Waals surface area (Å²) in [5.41, 5.74) is -0.407. The van der Waals surface area contributed by atoms with Gasteiger partial charge in [-0.3, -0.25) is 0 Å². The lowest BCUT2D eigenvalue weighted by molar-refractivity contribution is -0.0260. The van der Waals surface area contributed by atoms with Gasteiger partial charge in [-0.15, -0.1) is 11.3 Å². The first kappa shape index (κ1) is 12.1. The van der Waals surface area contributed by atoms with Crippen molar-refractivity contribution in [1.82, 2.24) is 4.90 Å². The number of nitrogens with zero attached hydrogens (tertiary/aromatic N) is 1. The molecule has 0 spiro atoms. The molecule has 0 aliphatic carbocycles. The van der Waals surface area contributed by atoms with Crippen LogP contribution in [0, 0.1) is 0 Å². The third-order valence-electron chi connectivity index (χ3n) is 3.65. The van der Waals surface area contributed by atoms with Crippen molar-refractivity contribution in [2.75, 3.05) is 19.6 Å². The predicted molar refractivity (Wildman–Crippen MR) is 68.9 cm³/mol. The summed E-state index contributed by atoms with van der Waals surface area (Å²) in [7, 11) is 0. The molecule has 1 fully saturated rings. The number of piperidine rings is 1. The van der Waals surface area contributed by atoms with Crippen LogP contribution in [0.4, 0.5) is 0 Å². The van der Waals surface area contributed by atoms with Gasteiger partial charge in [0.05, 0.1) is 5.60 Å². The zero-order valence-electron chi connectivity index (χ0n) is 9.98. The molecular formula is C13H21NOS. The topological polar surface area (TPSA) is 23.5 Å². The van der Waals surface area contributed by atoms with Gasteiger partial charge in [0.25, 0.3) is 0 Å². The quantitative estimate of drug-likeness (QED) is 0.873. The fraction of sp³-hybridized carbons (Fsp3) is 0.692. The Hall–Kier alpha value is -0.380. The molecule has 16 heavy (non-hydrogen) atoms. The number of aliphatic hydroxyl groups is 1. The third kappa shape index (κ3) is 3.06. The lowest BCUT2D eigenvalue weighted by Crippen LogP contribution is -2.44. The molecule has 2 rings (SSSR count). The molecule has 1 aromatic heterocycles. The molecule has 0 saturated carbocycles. The van der Waals surface area contributed by atoms with E-state index in [9.17, 15) is 5.11 Å². The Labute approximate surface area is 102 Å². The first-order valence-electron chi connectivity index (χ1n) is 6.19. The highest BCUT2D eigenvalue weighted by molar-refractivity contribution is 7.09. The summed E-state index contributed by atoms with van der Waals surface area (Å²) in [5, 5.41) is 12.6. The van der Waals surface area contributed by atoms with Gasteiger partial charge in [-0.2, -0.15) is 0 Å². The molecule has 1 aliphatic heterocycles. The second kappa shape index (κ2) is 5.30. The summed E-state index contributed by atoms with van der Waals surface area (Å²) in [4.78, 5) is 3.81. The molecule has 1 N–H and O–H groups in total. The minimum absolute atomic E-state index is 0.407. The zero-order valence-corrected chi connectivity index (χ0v) is 10.8. The Balaban J connectivity index is 1.80. The molecule has 90 valence electrons. The van der Waals surface area contributed by atoms with E-state index in [2.05, 4.69) is 29.3 Å². The second-order valence-electron chi connectivity index (χ2n) is 4.74. The van der Waals surface area contributed by atoms with Gasteiger partial charge in [0.15, 0.2) is 0 Å². The molecule has 1 aliphatic rings. The van der Waals surface area contributed by atoms with Crippen molar-refractivity contribution in [3.63, 3.8) is 0 Å². The molecule has 1 aromatic rings. The molecule has 0 radical (unpaired) electrons. The van der Waals surface area contributed by atoms with Crippen LogP contribution in [-0.2, 0) is 6.42 Å². The number of hydrogen-bond acceptors (Lipinski definition) is 3. The monoisotopic (exact) mass is 239 g/mol. The van der Waals surface area contributed by atoms with Crippen LogP contribution in [0.2, 0.25) is 0 Å². The number of thiophene rings is 1. The van der Waals surface area contributed by atoms with E-state index >= 15 is 0 Å². The maximum atomic E-state index is 10.5. The molecule has 0 atom stereocenters. The van der Waals surface area contributed by atoms with Crippen molar-refractivity contribution in [3.8, 4) is 0 Å². The standard InChI is InChI=1S/C13H21NOS/c1-2-14-9-7-13(15,8-10-14)6-5-12-4-3-11-16-12/h3-4,11,15H,2,5-10H2,1H3. The van der Waals surface area contributed by atoms with Gasteiger partial charge >= 0.3 is 0 Å².